The highest BCUT2D eigenvalue weighted by molar-refractivity contribution is 6.13. The molecule has 1 unspecified atom stereocenters. The van der Waals surface area contributed by atoms with Crippen LogP contribution in [0.25, 0.3) is 0 Å². The monoisotopic (exact) mass is 197 g/mol. The highest BCUT2D eigenvalue weighted by atomic mass is 16.3. The Morgan fingerprint density at radius 2 is 2.21 bits per heavy atom. The first-order valence-corrected chi connectivity index (χ1v) is 4.33. The number of hydrogen-bond donors (Lipinski definition) is 2. The summed E-state index contributed by atoms with van der Waals surface area (Å²) in [4.78, 5) is 15.9. The Morgan fingerprint density at radius 3 is 2.64 bits per heavy atom. The molecule has 0 amide bonds. The summed E-state index contributed by atoms with van der Waals surface area (Å²) in [7, 11) is 0. The number of nitrogens with zero attached hydrogens (tertiary/aromatic N) is 2. The second kappa shape index (κ2) is 3.42. The van der Waals surface area contributed by atoms with E-state index in [1.807, 2.05) is 20.8 Å². The molecule has 1 heterocycles. The van der Waals surface area contributed by atoms with Crippen LogP contribution in [0, 0.1) is 0 Å². The molecule has 0 aromatic carbocycles. The van der Waals surface area contributed by atoms with E-state index < -0.39 is 6.35 Å². The van der Waals surface area contributed by atoms with Crippen molar-refractivity contribution >= 4 is 12.1 Å². The van der Waals surface area contributed by atoms with Gasteiger partial charge in [-0.15, -0.1) is 0 Å². The smallest absolute Gasteiger partial charge is 0.227 e. The van der Waals surface area contributed by atoms with Gasteiger partial charge in [0.25, 0.3) is 0 Å². The number of aliphatic imine (C=N–C) groups is 1. The number of carbonyl (C=O) groups excluding carboxylic acids is 1. The predicted octanol–water partition coefficient (Wildman–Crippen LogP) is -0.184. The SMILES string of the molecule is CC(C)(C)N1C=C(C=O)C(N)=NC1O. The Kier molecular flexibility index (Phi) is 2.62. The van der Waals surface area contributed by atoms with Gasteiger partial charge in [0.2, 0.25) is 6.35 Å². The predicted molar refractivity (Wildman–Crippen MR) is 53.4 cm³/mol. The maximum Gasteiger partial charge on any atom is 0.227 e. The standard InChI is InChI=1S/C9H15N3O2/c1-9(2,3)12-4-6(5-13)7(10)11-8(12)14/h4-5,8,14H,1-3H3,(H2,10,11). The van der Waals surface area contributed by atoms with Crippen molar-refractivity contribution in [2.75, 3.05) is 0 Å². The van der Waals surface area contributed by atoms with E-state index in [1.54, 1.807) is 4.90 Å². The Bertz CT molecular complexity index is 302. The molecule has 14 heavy (non-hydrogen) atoms. The fraction of sp³-hybridized carbons (Fsp3) is 0.556. The first-order valence-electron chi connectivity index (χ1n) is 4.33. The number of aliphatic hydroxyl groups excluding tert-OH is 1. The molecule has 0 spiro atoms. The van der Waals surface area contributed by atoms with E-state index in [2.05, 4.69) is 4.99 Å². The summed E-state index contributed by atoms with van der Waals surface area (Å²) in [5.74, 6) is 0.0769. The third-order valence-corrected chi connectivity index (χ3v) is 1.98. The fourth-order valence-electron chi connectivity index (χ4n) is 1.17. The molecule has 3 N–H and O–H groups in total. The van der Waals surface area contributed by atoms with Crippen molar-refractivity contribution < 1.29 is 9.90 Å². The fourth-order valence-corrected chi connectivity index (χ4v) is 1.17. The van der Waals surface area contributed by atoms with Gasteiger partial charge in [-0.25, -0.2) is 4.99 Å². The number of rotatable bonds is 1. The lowest BCUT2D eigenvalue weighted by Crippen LogP contribution is -2.47. The van der Waals surface area contributed by atoms with Crippen molar-refractivity contribution in [2.45, 2.75) is 32.7 Å². The second-order valence-electron chi connectivity index (χ2n) is 4.14. The number of aldehydes is 1. The topological polar surface area (TPSA) is 78.9 Å². The molecular weight excluding hydrogens is 182 g/mol. The molecular formula is C9H15N3O2. The van der Waals surface area contributed by atoms with Crippen LogP contribution in [0.5, 0.6) is 0 Å². The summed E-state index contributed by atoms with van der Waals surface area (Å²) in [6.45, 7) is 5.73. The zero-order valence-electron chi connectivity index (χ0n) is 8.56. The van der Waals surface area contributed by atoms with Crippen LogP contribution < -0.4 is 5.73 Å². The molecule has 1 atom stereocenters. The maximum atomic E-state index is 10.6. The average Bonchev–Trinajstić information content (AvgIpc) is 2.02. The van der Waals surface area contributed by atoms with E-state index in [4.69, 9.17) is 5.73 Å². The van der Waals surface area contributed by atoms with Crippen LogP contribution >= 0.6 is 0 Å². The van der Waals surface area contributed by atoms with Gasteiger partial charge in [-0.3, -0.25) is 4.79 Å². The van der Waals surface area contributed by atoms with E-state index in [0.717, 1.165) is 0 Å². The van der Waals surface area contributed by atoms with Gasteiger partial charge in [0.1, 0.15) is 5.84 Å². The molecule has 0 aromatic heterocycles. The quantitative estimate of drug-likeness (QED) is 0.571. The second-order valence-corrected chi connectivity index (χ2v) is 4.14. The van der Waals surface area contributed by atoms with E-state index in [1.165, 1.54) is 6.20 Å². The number of aliphatic hydroxyl groups is 1. The summed E-state index contributed by atoms with van der Waals surface area (Å²) in [6, 6.07) is 0. The highest BCUT2D eigenvalue weighted by Crippen LogP contribution is 2.21. The number of carbonyl (C=O) groups is 1. The number of nitrogens with two attached hydrogens (primary N) is 1. The van der Waals surface area contributed by atoms with Gasteiger partial charge in [0, 0.05) is 11.7 Å². The zero-order chi connectivity index (χ0) is 10.9. The summed E-state index contributed by atoms with van der Waals surface area (Å²) in [6.07, 6.45) is 1.14. The van der Waals surface area contributed by atoms with E-state index in [9.17, 15) is 9.90 Å². The Hall–Kier alpha value is -1.36. The van der Waals surface area contributed by atoms with Crippen molar-refractivity contribution in [3.63, 3.8) is 0 Å². The Morgan fingerprint density at radius 1 is 1.64 bits per heavy atom. The van der Waals surface area contributed by atoms with Crippen LogP contribution in [0.2, 0.25) is 0 Å². The minimum atomic E-state index is -1.02. The molecule has 1 aliphatic rings. The first kappa shape index (κ1) is 10.7. The molecule has 0 saturated heterocycles. The minimum absolute atomic E-state index is 0.0769. The van der Waals surface area contributed by atoms with Crippen LogP contribution in [0.4, 0.5) is 0 Å². The molecule has 5 nitrogen and oxygen atoms in total. The van der Waals surface area contributed by atoms with Crippen LogP contribution in [-0.2, 0) is 4.79 Å². The summed E-state index contributed by atoms with van der Waals surface area (Å²) in [5, 5.41) is 9.59. The lowest BCUT2D eigenvalue weighted by molar-refractivity contribution is -0.104. The molecule has 1 rings (SSSR count). The van der Waals surface area contributed by atoms with Crippen LogP contribution in [-0.4, -0.2) is 34.0 Å². The van der Waals surface area contributed by atoms with Gasteiger partial charge in [0.05, 0.1) is 5.57 Å². The van der Waals surface area contributed by atoms with Crippen molar-refractivity contribution in [1.82, 2.24) is 4.90 Å². The van der Waals surface area contributed by atoms with Crippen LogP contribution in [0.1, 0.15) is 20.8 Å². The largest absolute Gasteiger partial charge is 0.383 e. The normalized spacial score (nSPS) is 22.9. The van der Waals surface area contributed by atoms with Crippen molar-refractivity contribution in [3.8, 4) is 0 Å². The maximum absolute atomic E-state index is 10.6. The molecule has 0 bridgehead atoms. The van der Waals surface area contributed by atoms with Gasteiger partial charge >= 0.3 is 0 Å². The van der Waals surface area contributed by atoms with Gasteiger partial charge in [-0.1, -0.05) is 0 Å². The molecule has 0 fully saturated rings. The number of amidine groups is 1. The van der Waals surface area contributed by atoms with Crippen molar-refractivity contribution in [3.05, 3.63) is 11.8 Å². The molecule has 1 aliphatic heterocycles. The molecule has 0 aromatic rings. The molecule has 0 aliphatic carbocycles. The third-order valence-electron chi connectivity index (χ3n) is 1.98. The van der Waals surface area contributed by atoms with Gasteiger partial charge in [-0.05, 0) is 20.8 Å². The highest BCUT2D eigenvalue weighted by Gasteiger charge is 2.28. The average molecular weight is 197 g/mol. The summed E-state index contributed by atoms with van der Waals surface area (Å²) in [5.41, 5.74) is 5.44. The van der Waals surface area contributed by atoms with Gasteiger partial charge < -0.3 is 15.7 Å². The van der Waals surface area contributed by atoms with Gasteiger partial charge in [-0.2, -0.15) is 0 Å². The lowest BCUT2D eigenvalue weighted by Gasteiger charge is -2.38. The molecule has 0 saturated carbocycles. The number of hydrogen-bond acceptors (Lipinski definition) is 5. The van der Waals surface area contributed by atoms with E-state index >= 15 is 0 Å². The Labute approximate surface area is 82.9 Å². The van der Waals surface area contributed by atoms with E-state index in [-0.39, 0.29) is 11.4 Å². The summed E-state index contributed by atoms with van der Waals surface area (Å²) < 4.78 is 0. The summed E-state index contributed by atoms with van der Waals surface area (Å²) >= 11 is 0. The van der Waals surface area contributed by atoms with Crippen LogP contribution in [0.3, 0.4) is 0 Å². The minimum Gasteiger partial charge on any atom is -0.383 e. The molecule has 5 heteroatoms. The van der Waals surface area contributed by atoms with Crippen molar-refractivity contribution in [1.29, 1.82) is 0 Å². The lowest BCUT2D eigenvalue weighted by atomic mass is 10.1. The van der Waals surface area contributed by atoms with E-state index in [0.29, 0.717) is 11.9 Å². The molecule has 78 valence electrons. The zero-order valence-corrected chi connectivity index (χ0v) is 8.56. The molecule has 0 radical (unpaired) electrons. The Balaban J connectivity index is 3.03. The first-order chi connectivity index (χ1) is 6.36. The van der Waals surface area contributed by atoms with Crippen molar-refractivity contribution in [2.24, 2.45) is 10.7 Å². The van der Waals surface area contributed by atoms with Gasteiger partial charge in [0.15, 0.2) is 6.29 Å². The van der Waals surface area contributed by atoms with Crippen LogP contribution in [0.15, 0.2) is 16.8 Å². The third kappa shape index (κ3) is 1.93.